The number of rotatable bonds is 5. The molecule has 1 amide bonds. The molecule has 1 aromatic rings. The summed E-state index contributed by atoms with van der Waals surface area (Å²) in [7, 11) is 0. The SMILES string of the molecule is CCNC(=O)COc1ccc(C)nc1CN. The Hall–Kier alpha value is -1.62. The maximum absolute atomic E-state index is 11.2. The molecule has 0 aromatic carbocycles. The van der Waals surface area contributed by atoms with Crippen molar-refractivity contribution in [2.45, 2.75) is 20.4 Å². The van der Waals surface area contributed by atoms with Crippen LogP contribution in [0, 0.1) is 6.92 Å². The third-order valence-electron chi connectivity index (χ3n) is 2.00. The van der Waals surface area contributed by atoms with Crippen molar-refractivity contribution in [3.8, 4) is 5.75 Å². The zero-order valence-corrected chi connectivity index (χ0v) is 9.62. The monoisotopic (exact) mass is 223 g/mol. The summed E-state index contributed by atoms with van der Waals surface area (Å²) >= 11 is 0. The zero-order chi connectivity index (χ0) is 12.0. The summed E-state index contributed by atoms with van der Waals surface area (Å²) in [5, 5.41) is 2.65. The predicted molar refractivity (Wildman–Crippen MR) is 61.0 cm³/mol. The fraction of sp³-hybridized carbons (Fsp3) is 0.455. The number of nitrogens with one attached hydrogen (secondary N) is 1. The van der Waals surface area contributed by atoms with Crippen molar-refractivity contribution in [3.63, 3.8) is 0 Å². The Morgan fingerprint density at radius 2 is 2.31 bits per heavy atom. The summed E-state index contributed by atoms with van der Waals surface area (Å²) in [4.78, 5) is 15.4. The Balaban J connectivity index is 2.63. The van der Waals surface area contributed by atoms with Gasteiger partial charge in [0.05, 0.1) is 5.69 Å². The molecule has 88 valence electrons. The standard InChI is InChI=1S/C11H17N3O2/c1-3-13-11(15)7-16-10-5-4-8(2)14-9(10)6-12/h4-5H,3,6-7,12H2,1-2H3,(H,13,15). The maximum Gasteiger partial charge on any atom is 0.257 e. The van der Waals surface area contributed by atoms with Crippen LogP contribution in [-0.2, 0) is 11.3 Å². The second-order valence-corrected chi connectivity index (χ2v) is 3.34. The van der Waals surface area contributed by atoms with Crippen molar-refractivity contribution in [3.05, 3.63) is 23.5 Å². The Labute approximate surface area is 95.0 Å². The molecule has 1 aromatic heterocycles. The van der Waals surface area contributed by atoms with Gasteiger partial charge in [0.25, 0.3) is 5.91 Å². The van der Waals surface area contributed by atoms with Gasteiger partial charge in [-0.15, -0.1) is 0 Å². The number of amides is 1. The number of ether oxygens (including phenoxy) is 1. The Morgan fingerprint density at radius 3 is 2.94 bits per heavy atom. The number of aromatic nitrogens is 1. The average molecular weight is 223 g/mol. The average Bonchev–Trinajstić information content (AvgIpc) is 2.27. The van der Waals surface area contributed by atoms with Gasteiger partial charge in [-0.25, -0.2) is 0 Å². The highest BCUT2D eigenvalue weighted by Gasteiger charge is 2.06. The molecule has 0 aliphatic heterocycles. The molecule has 0 spiro atoms. The topological polar surface area (TPSA) is 77.2 Å². The number of pyridine rings is 1. The number of carbonyl (C=O) groups is 1. The lowest BCUT2D eigenvalue weighted by atomic mass is 10.3. The Bertz CT molecular complexity index is 366. The quantitative estimate of drug-likeness (QED) is 0.755. The van der Waals surface area contributed by atoms with Crippen LogP contribution in [0.2, 0.25) is 0 Å². The van der Waals surface area contributed by atoms with Crippen LogP contribution >= 0.6 is 0 Å². The second kappa shape index (κ2) is 6.07. The molecule has 5 nitrogen and oxygen atoms in total. The Kier molecular flexibility index (Phi) is 4.72. The lowest BCUT2D eigenvalue weighted by molar-refractivity contribution is -0.122. The third-order valence-corrected chi connectivity index (χ3v) is 2.00. The number of hydrogen-bond donors (Lipinski definition) is 2. The number of hydrogen-bond acceptors (Lipinski definition) is 4. The molecule has 1 rings (SSSR count). The van der Waals surface area contributed by atoms with Crippen LogP contribution in [0.25, 0.3) is 0 Å². The fourth-order valence-electron chi connectivity index (χ4n) is 1.27. The van der Waals surface area contributed by atoms with E-state index in [1.807, 2.05) is 19.9 Å². The van der Waals surface area contributed by atoms with Crippen LogP contribution in [0.15, 0.2) is 12.1 Å². The van der Waals surface area contributed by atoms with E-state index in [0.29, 0.717) is 24.5 Å². The molecular weight excluding hydrogens is 206 g/mol. The molecule has 0 fully saturated rings. The van der Waals surface area contributed by atoms with Crippen LogP contribution in [0.4, 0.5) is 0 Å². The van der Waals surface area contributed by atoms with Crippen molar-refractivity contribution in [2.75, 3.05) is 13.2 Å². The summed E-state index contributed by atoms with van der Waals surface area (Å²) in [6, 6.07) is 3.61. The summed E-state index contributed by atoms with van der Waals surface area (Å²) in [6.45, 7) is 4.62. The van der Waals surface area contributed by atoms with Gasteiger partial charge in [0.2, 0.25) is 0 Å². The highest BCUT2D eigenvalue weighted by molar-refractivity contribution is 5.77. The number of nitrogens with two attached hydrogens (primary N) is 1. The third kappa shape index (κ3) is 3.51. The summed E-state index contributed by atoms with van der Waals surface area (Å²) in [6.07, 6.45) is 0. The van der Waals surface area contributed by atoms with Crippen LogP contribution < -0.4 is 15.8 Å². The van der Waals surface area contributed by atoms with Gasteiger partial charge in [-0.1, -0.05) is 0 Å². The van der Waals surface area contributed by atoms with Gasteiger partial charge in [0.1, 0.15) is 5.75 Å². The van der Waals surface area contributed by atoms with Gasteiger partial charge in [-0.05, 0) is 26.0 Å². The van der Waals surface area contributed by atoms with Gasteiger partial charge in [0, 0.05) is 18.8 Å². The first-order valence-corrected chi connectivity index (χ1v) is 5.23. The minimum atomic E-state index is -0.147. The molecule has 16 heavy (non-hydrogen) atoms. The summed E-state index contributed by atoms with van der Waals surface area (Å²) < 4.78 is 5.34. The number of likely N-dealkylation sites (N-methyl/N-ethyl adjacent to an activating group) is 1. The van der Waals surface area contributed by atoms with Gasteiger partial charge in [-0.2, -0.15) is 0 Å². The van der Waals surface area contributed by atoms with E-state index < -0.39 is 0 Å². The molecule has 0 aliphatic carbocycles. The fourth-order valence-corrected chi connectivity index (χ4v) is 1.27. The van der Waals surface area contributed by atoms with E-state index in [2.05, 4.69) is 10.3 Å². The molecule has 1 heterocycles. The zero-order valence-electron chi connectivity index (χ0n) is 9.62. The Morgan fingerprint density at radius 1 is 1.56 bits per heavy atom. The van der Waals surface area contributed by atoms with Crippen molar-refractivity contribution in [2.24, 2.45) is 5.73 Å². The summed E-state index contributed by atoms with van der Waals surface area (Å²) in [5.41, 5.74) is 7.09. The largest absolute Gasteiger partial charge is 0.482 e. The van der Waals surface area contributed by atoms with Crippen LogP contribution in [0.5, 0.6) is 5.75 Å². The van der Waals surface area contributed by atoms with Gasteiger partial charge < -0.3 is 15.8 Å². The van der Waals surface area contributed by atoms with Gasteiger partial charge in [-0.3, -0.25) is 9.78 Å². The molecule has 5 heteroatoms. The van der Waals surface area contributed by atoms with Gasteiger partial charge >= 0.3 is 0 Å². The highest BCUT2D eigenvalue weighted by Crippen LogP contribution is 2.15. The molecule has 0 saturated heterocycles. The molecule has 3 N–H and O–H groups in total. The number of aryl methyl sites for hydroxylation is 1. The van der Waals surface area contributed by atoms with Gasteiger partial charge in [0.15, 0.2) is 6.61 Å². The van der Waals surface area contributed by atoms with Crippen LogP contribution in [0.3, 0.4) is 0 Å². The smallest absolute Gasteiger partial charge is 0.257 e. The van der Waals surface area contributed by atoms with Crippen molar-refractivity contribution in [1.82, 2.24) is 10.3 Å². The first kappa shape index (κ1) is 12.4. The predicted octanol–water partition coefficient (Wildman–Crippen LogP) is 0.364. The first-order chi connectivity index (χ1) is 7.67. The molecule has 0 unspecified atom stereocenters. The normalized spacial score (nSPS) is 9.94. The van der Waals surface area contributed by atoms with Crippen molar-refractivity contribution in [1.29, 1.82) is 0 Å². The van der Waals surface area contributed by atoms with E-state index in [-0.39, 0.29) is 12.5 Å². The second-order valence-electron chi connectivity index (χ2n) is 3.34. The van der Waals surface area contributed by atoms with E-state index in [4.69, 9.17) is 10.5 Å². The molecule has 0 aliphatic rings. The lowest BCUT2D eigenvalue weighted by Crippen LogP contribution is -2.28. The van der Waals surface area contributed by atoms with E-state index >= 15 is 0 Å². The van der Waals surface area contributed by atoms with E-state index in [0.717, 1.165) is 5.69 Å². The number of nitrogens with zero attached hydrogens (tertiary/aromatic N) is 1. The first-order valence-electron chi connectivity index (χ1n) is 5.23. The van der Waals surface area contributed by atoms with E-state index in [1.54, 1.807) is 6.07 Å². The van der Waals surface area contributed by atoms with E-state index in [9.17, 15) is 4.79 Å². The van der Waals surface area contributed by atoms with Crippen LogP contribution in [0.1, 0.15) is 18.3 Å². The molecule has 0 saturated carbocycles. The van der Waals surface area contributed by atoms with E-state index in [1.165, 1.54) is 0 Å². The minimum absolute atomic E-state index is 0.00835. The molecule has 0 atom stereocenters. The molecule has 0 bridgehead atoms. The lowest BCUT2D eigenvalue weighted by Gasteiger charge is -2.09. The highest BCUT2D eigenvalue weighted by atomic mass is 16.5. The summed E-state index contributed by atoms with van der Waals surface area (Å²) in [5.74, 6) is 0.422. The van der Waals surface area contributed by atoms with Crippen LogP contribution in [-0.4, -0.2) is 24.0 Å². The molecule has 0 radical (unpaired) electrons. The maximum atomic E-state index is 11.2. The van der Waals surface area contributed by atoms with Crippen molar-refractivity contribution >= 4 is 5.91 Å². The minimum Gasteiger partial charge on any atom is -0.482 e. The number of carbonyl (C=O) groups excluding carboxylic acids is 1. The molecular formula is C11H17N3O2. The van der Waals surface area contributed by atoms with Crippen molar-refractivity contribution < 1.29 is 9.53 Å².